The lowest BCUT2D eigenvalue weighted by Gasteiger charge is -2.35. The minimum atomic E-state index is -3.91. The van der Waals surface area contributed by atoms with Crippen LogP contribution in [0.5, 0.6) is 5.75 Å². The molecule has 3 aromatic carbocycles. The van der Waals surface area contributed by atoms with Gasteiger partial charge in [0.05, 0.1) is 19.1 Å². The van der Waals surface area contributed by atoms with Crippen molar-refractivity contribution in [3.8, 4) is 5.75 Å². The Bertz CT molecular complexity index is 1480. The number of halogens is 2. The molecule has 1 N–H and O–H groups in total. The number of rotatable bonds is 11. The van der Waals surface area contributed by atoms with Crippen molar-refractivity contribution in [2.75, 3.05) is 24.2 Å². The molecule has 0 spiro atoms. The van der Waals surface area contributed by atoms with E-state index < -0.39 is 34.1 Å². The molecule has 3 rings (SSSR count). The second-order valence-electron chi connectivity index (χ2n) is 10.7. The molecule has 220 valence electrons. The summed E-state index contributed by atoms with van der Waals surface area (Å²) in [6.45, 7) is 4.94. The van der Waals surface area contributed by atoms with E-state index in [9.17, 15) is 18.0 Å². The lowest BCUT2D eigenvalue weighted by molar-refractivity contribution is -0.140. The van der Waals surface area contributed by atoms with Gasteiger partial charge in [-0.05, 0) is 56.2 Å². The molecule has 8 nitrogen and oxygen atoms in total. The number of ether oxygens (including phenoxy) is 1. The summed E-state index contributed by atoms with van der Waals surface area (Å²) >= 11 is 12.6. The minimum absolute atomic E-state index is 0.0559. The SMILES string of the molecule is COc1cccc(N(CC(=O)N(Cc2ccc(Cl)cc2Cl)[C@@H](Cc2ccccc2)C(=O)NC(C)(C)C)S(C)(=O)=O)c1. The Kier molecular flexibility index (Phi) is 10.7. The highest BCUT2D eigenvalue weighted by atomic mass is 35.5. The summed E-state index contributed by atoms with van der Waals surface area (Å²) < 4.78 is 32.1. The van der Waals surface area contributed by atoms with Crippen LogP contribution in [0.3, 0.4) is 0 Å². The average Bonchev–Trinajstić information content (AvgIpc) is 2.89. The van der Waals surface area contributed by atoms with Crippen molar-refractivity contribution in [3.63, 3.8) is 0 Å². The normalized spacial score (nSPS) is 12.4. The lowest BCUT2D eigenvalue weighted by atomic mass is 10.0. The minimum Gasteiger partial charge on any atom is -0.497 e. The summed E-state index contributed by atoms with van der Waals surface area (Å²) in [6.07, 6.45) is 1.21. The molecule has 0 aliphatic carbocycles. The third-order valence-electron chi connectivity index (χ3n) is 6.15. The molecule has 1 atom stereocenters. The molecule has 0 fully saturated rings. The van der Waals surface area contributed by atoms with Crippen LogP contribution in [-0.4, -0.2) is 56.6 Å². The number of carbonyl (C=O) groups excluding carboxylic acids is 2. The fraction of sp³-hybridized carbons (Fsp3) is 0.333. The molecular formula is C30H35Cl2N3O5S. The van der Waals surface area contributed by atoms with Crippen molar-refractivity contribution in [1.82, 2.24) is 10.2 Å². The summed E-state index contributed by atoms with van der Waals surface area (Å²) in [7, 11) is -2.44. The van der Waals surface area contributed by atoms with Crippen LogP contribution in [-0.2, 0) is 32.6 Å². The second kappa shape index (κ2) is 13.6. The Morgan fingerprint density at radius 1 is 0.976 bits per heavy atom. The van der Waals surface area contributed by atoms with Gasteiger partial charge in [-0.1, -0.05) is 65.7 Å². The monoisotopic (exact) mass is 619 g/mol. The topological polar surface area (TPSA) is 96.0 Å². The first-order valence-electron chi connectivity index (χ1n) is 12.9. The second-order valence-corrected chi connectivity index (χ2v) is 13.4. The molecule has 41 heavy (non-hydrogen) atoms. The van der Waals surface area contributed by atoms with E-state index in [1.807, 2.05) is 51.1 Å². The van der Waals surface area contributed by atoms with Crippen molar-refractivity contribution in [2.24, 2.45) is 0 Å². The van der Waals surface area contributed by atoms with Crippen LogP contribution >= 0.6 is 23.2 Å². The number of nitrogens with zero attached hydrogens (tertiary/aromatic N) is 2. The van der Waals surface area contributed by atoms with Gasteiger partial charge >= 0.3 is 0 Å². The number of methoxy groups -OCH3 is 1. The fourth-order valence-electron chi connectivity index (χ4n) is 4.22. The Labute approximate surface area is 252 Å². The van der Waals surface area contributed by atoms with Gasteiger partial charge < -0.3 is 15.0 Å². The molecule has 0 bridgehead atoms. The van der Waals surface area contributed by atoms with Crippen molar-refractivity contribution < 1.29 is 22.7 Å². The number of nitrogens with one attached hydrogen (secondary N) is 1. The van der Waals surface area contributed by atoms with E-state index in [1.54, 1.807) is 36.4 Å². The molecule has 0 unspecified atom stereocenters. The predicted octanol–water partition coefficient (Wildman–Crippen LogP) is 5.32. The van der Waals surface area contributed by atoms with Crippen molar-refractivity contribution in [2.45, 2.75) is 45.3 Å². The first-order valence-corrected chi connectivity index (χ1v) is 15.5. The molecule has 0 radical (unpaired) electrons. The zero-order valence-electron chi connectivity index (χ0n) is 23.7. The maximum absolute atomic E-state index is 14.2. The van der Waals surface area contributed by atoms with Gasteiger partial charge in [-0.25, -0.2) is 8.42 Å². The van der Waals surface area contributed by atoms with Crippen LogP contribution in [0.2, 0.25) is 10.0 Å². The van der Waals surface area contributed by atoms with Gasteiger partial charge in [0.2, 0.25) is 21.8 Å². The van der Waals surface area contributed by atoms with Crippen LogP contribution in [0.1, 0.15) is 31.9 Å². The predicted molar refractivity (Wildman–Crippen MR) is 164 cm³/mol. The van der Waals surface area contributed by atoms with E-state index >= 15 is 0 Å². The Morgan fingerprint density at radius 3 is 2.24 bits per heavy atom. The molecule has 0 heterocycles. The van der Waals surface area contributed by atoms with Gasteiger partial charge in [-0.3, -0.25) is 13.9 Å². The molecule has 11 heteroatoms. The standard InChI is InChI=1S/C30H35Cl2N3O5S/c1-30(2,3)33-29(37)27(16-21-10-7-6-8-11-21)34(19-22-14-15-23(31)17-26(22)32)28(36)20-35(41(5,38)39)24-12-9-13-25(18-24)40-4/h6-15,17-18,27H,16,19-20H2,1-5H3,(H,33,37)/t27-/m0/s1. The highest BCUT2D eigenvalue weighted by Gasteiger charge is 2.34. The fourth-order valence-corrected chi connectivity index (χ4v) is 5.53. The summed E-state index contributed by atoms with van der Waals surface area (Å²) in [5, 5.41) is 3.72. The molecule has 0 aliphatic heterocycles. The van der Waals surface area contributed by atoms with Gasteiger partial charge in [-0.2, -0.15) is 0 Å². The first kappa shape index (κ1) is 32.2. The Hall–Kier alpha value is -3.27. The largest absolute Gasteiger partial charge is 0.497 e. The van der Waals surface area contributed by atoms with Crippen LogP contribution < -0.4 is 14.4 Å². The number of hydrogen-bond acceptors (Lipinski definition) is 5. The molecule has 0 saturated heterocycles. The van der Waals surface area contributed by atoms with Crippen LogP contribution in [0.4, 0.5) is 5.69 Å². The van der Waals surface area contributed by atoms with E-state index in [-0.39, 0.29) is 24.6 Å². The number of anilines is 1. The van der Waals surface area contributed by atoms with Gasteiger partial charge in [-0.15, -0.1) is 0 Å². The molecule has 3 aromatic rings. The van der Waals surface area contributed by atoms with E-state index in [1.165, 1.54) is 18.1 Å². The third kappa shape index (κ3) is 9.38. The van der Waals surface area contributed by atoms with Gasteiger partial charge in [0.1, 0.15) is 18.3 Å². The number of benzene rings is 3. The van der Waals surface area contributed by atoms with Crippen molar-refractivity contribution in [3.05, 3.63) is 94.0 Å². The highest BCUT2D eigenvalue weighted by Crippen LogP contribution is 2.26. The molecule has 0 aliphatic rings. The van der Waals surface area contributed by atoms with E-state index in [0.29, 0.717) is 21.4 Å². The van der Waals surface area contributed by atoms with Crippen molar-refractivity contribution in [1.29, 1.82) is 0 Å². The molecular weight excluding hydrogens is 585 g/mol. The summed E-state index contributed by atoms with van der Waals surface area (Å²) in [5.41, 5.74) is 1.05. The van der Waals surface area contributed by atoms with E-state index in [2.05, 4.69) is 5.32 Å². The highest BCUT2D eigenvalue weighted by molar-refractivity contribution is 7.92. The van der Waals surface area contributed by atoms with Crippen LogP contribution in [0.15, 0.2) is 72.8 Å². The maximum Gasteiger partial charge on any atom is 0.244 e. The first-order chi connectivity index (χ1) is 19.2. The Balaban J connectivity index is 2.11. The molecule has 0 saturated carbocycles. The molecule has 0 aromatic heterocycles. The smallest absolute Gasteiger partial charge is 0.244 e. The number of sulfonamides is 1. The van der Waals surface area contributed by atoms with E-state index in [4.69, 9.17) is 27.9 Å². The van der Waals surface area contributed by atoms with Gasteiger partial charge in [0.15, 0.2) is 0 Å². The third-order valence-corrected chi connectivity index (χ3v) is 7.87. The van der Waals surface area contributed by atoms with Gasteiger partial charge in [0.25, 0.3) is 0 Å². The Morgan fingerprint density at radius 2 is 1.66 bits per heavy atom. The summed E-state index contributed by atoms with van der Waals surface area (Å²) in [6, 6.07) is 19.6. The zero-order valence-corrected chi connectivity index (χ0v) is 26.1. The maximum atomic E-state index is 14.2. The zero-order chi connectivity index (χ0) is 30.4. The van der Waals surface area contributed by atoms with E-state index in [0.717, 1.165) is 16.1 Å². The average molecular weight is 621 g/mol. The quantitative estimate of drug-likeness (QED) is 0.313. The van der Waals surface area contributed by atoms with Gasteiger partial charge in [0, 0.05) is 34.6 Å². The van der Waals surface area contributed by atoms with Crippen LogP contribution in [0.25, 0.3) is 0 Å². The van der Waals surface area contributed by atoms with Crippen LogP contribution in [0, 0.1) is 0 Å². The number of carbonyl (C=O) groups is 2. The number of amides is 2. The van der Waals surface area contributed by atoms with Crippen molar-refractivity contribution >= 4 is 50.7 Å². The molecule has 2 amide bonds. The summed E-state index contributed by atoms with van der Waals surface area (Å²) in [5.74, 6) is -0.541. The summed E-state index contributed by atoms with van der Waals surface area (Å²) in [4.78, 5) is 29.3. The lowest BCUT2D eigenvalue weighted by Crippen LogP contribution is -2.56. The number of hydrogen-bond donors (Lipinski definition) is 1.